The third kappa shape index (κ3) is 4.53. The van der Waals surface area contributed by atoms with Gasteiger partial charge in [-0.15, -0.1) is 0 Å². The lowest BCUT2D eigenvalue weighted by molar-refractivity contribution is -0.137. The summed E-state index contributed by atoms with van der Waals surface area (Å²) in [5.41, 5.74) is -0.138. The number of ether oxygens (including phenoxy) is 1. The van der Waals surface area contributed by atoms with Crippen LogP contribution in [0.1, 0.15) is 5.56 Å². The summed E-state index contributed by atoms with van der Waals surface area (Å²) in [6.45, 7) is 0. The molecule has 2 aromatic carbocycles. The largest absolute Gasteiger partial charge is 0.495 e. The van der Waals surface area contributed by atoms with Crippen molar-refractivity contribution in [1.82, 2.24) is 0 Å². The summed E-state index contributed by atoms with van der Waals surface area (Å²) in [7, 11) is 1.46. The fourth-order valence-corrected chi connectivity index (χ4v) is 2.04. The summed E-state index contributed by atoms with van der Waals surface area (Å²) in [6.07, 6.45) is -4.42. The molecule has 0 radical (unpaired) electrons. The summed E-state index contributed by atoms with van der Waals surface area (Å²) in [5.74, 6) is 0.459. The number of alkyl halides is 3. The molecule has 0 aromatic heterocycles. The summed E-state index contributed by atoms with van der Waals surface area (Å²) in [4.78, 5) is 11.8. The number of benzene rings is 2. The van der Waals surface area contributed by atoms with E-state index >= 15 is 0 Å². The van der Waals surface area contributed by atoms with Gasteiger partial charge >= 0.3 is 12.2 Å². The number of hydrogen-bond acceptors (Lipinski definition) is 2. The summed E-state index contributed by atoms with van der Waals surface area (Å²) in [5, 5.41) is 5.26. The minimum Gasteiger partial charge on any atom is -0.495 e. The van der Waals surface area contributed by atoms with Crippen LogP contribution in [-0.4, -0.2) is 13.1 Å². The van der Waals surface area contributed by atoms with E-state index in [2.05, 4.69) is 10.6 Å². The minimum absolute atomic E-state index is 0.232. The van der Waals surface area contributed by atoms with Crippen LogP contribution < -0.4 is 15.4 Å². The fourth-order valence-electron chi connectivity index (χ4n) is 1.78. The molecule has 0 saturated carbocycles. The molecule has 0 aliphatic rings. The number of urea groups is 1. The van der Waals surface area contributed by atoms with Gasteiger partial charge < -0.3 is 15.4 Å². The zero-order valence-electron chi connectivity index (χ0n) is 11.9. The monoisotopic (exact) mass is 344 g/mol. The number of carbonyl (C=O) groups is 1. The molecule has 2 aromatic rings. The fraction of sp³-hybridized carbons (Fsp3) is 0.133. The van der Waals surface area contributed by atoms with Crippen molar-refractivity contribution >= 4 is 29.0 Å². The Balaban J connectivity index is 2.01. The number of nitrogens with one attached hydrogen (secondary N) is 2. The Morgan fingerprint density at radius 3 is 2.13 bits per heavy atom. The molecule has 4 nitrogen and oxygen atoms in total. The van der Waals surface area contributed by atoms with Crippen molar-refractivity contribution in [1.29, 1.82) is 0 Å². The summed E-state index contributed by atoms with van der Waals surface area (Å²) in [6, 6.07) is 8.16. The number of hydrogen-bond donors (Lipinski definition) is 2. The van der Waals surface area contributed by atoms with E-state index in [0.717, 1.165) is 12.1 Å². The Hall–Kier alpha value is -2.41. The molecule has 8 heteroatoms. The van der Waals surface area contributed by atoms with Gasteiger partial charge in [0.25, 0.3) is 0 Å². The average Bonchev–Trinajstić information content (AvgIpc) is 2.47. The maximum Gasteiger partial charge on any atom is 0.416 e. The van der Waals surface area contributed by atoms with Crippen LogP contribution in [-0.2, 0) is 6.18 Å². The van der Waals surface area contributed by atoms with Crippen molar-refractivity contribution in [2.45, 2.75) is 6.18 Å². The van der Waals surface area contributed by atoms with Crippen LogP contribution in [0.5, 0.6) is 5.75 Å². The number of anilines is 2. The highest BCUT2D eigenvalue weighted by atomic mass is 35.5. The van der Waals surface area contributed by atoms with E-state index in [1.54, 1.807) is 12.1 Å². The normalized spacial score (nSPS) is 11.0. The van der Waals surface area contributed by atoms with Gasteiger partial charge in [0.2, 0.25) is 0 Å². The smallest absolute Gasteiger partial charge is 0.416 e. The second-order valence-corrected chi connectivity index (χ2v) is 4.91. The number of methoxy groups -OCH3 is 1. The van der Waals surface area contributed by atoms with Crippen molar-refractivity contribution < 1.29 is 22.7 Å². The van der Waals surface area contributed by atoms with Crippen LogP contribution in [0, 0.1) is 0 Å². The maximum atomic E-state index is 12.4. The molecule has 0 unspecified atom stereocenters. The number of amides is 2. The number of carbonyl (C=O) groups excluding carboxylic acids is 1. The molecular weight excluding hydrogens is 333 g/mol. The molecule has 0 saturated heterocycles. The van der Waals surface area contributed by atoms with Gasteiger partial charge in [-0.2, -0.15) is 13.2 Å². The first-order valence-electron chi connectivity index (χ1n) is 6.38. The Labute approximate surface area is 135 Å². The molecule has 0 aliphatic heterocycles. The second kappa shape index (κ2) is 6.78. The van der Waals surface area contributed by atoms with E-state index in [9.17, 15) is 18.0 Å². The van der Waals surface area contributed by atoms with Crippen molar-refractivity contribution in [3.63, 3.8) is 0 Å². The average molecular weight is 345 g/mol. The molecule has 2 rings (SSSR count). The molecule has 0 bridgehead atoms. The zero-order chi connectivity index (χ0) is 17.0. The van der Waals surface area contributed by atoms with Gasteiger partial charge in [-0.05, 0) is 42.5 Å². The van der Waals surface area contributed by atoms with Crippen molar-refractivity contribution in [3.05, 3.63) is 53.1 Å². The maximum absolute atomic E-state index is 12.4. The van der Waals surface area contributed by atoms with Crippen LogP contribution in [0.15, 0.2) is 42.5 Å². The molecule has 23 heavy (non-hydrogen) atoms. The summed E-state index contributed by atoms with van der Waals surface area (Å²) >= 11 is 5.93. The van der Waals surface area contributed by atoms with Crippen LogP contribution in [0.2, 0.25) is 5.02 Å². The molecule has 2 amide bonds. The Morgan fingerprint density at radius 1 is 1.04 bits per heavy atom. The van der Waals surface area contributed by atoms with Gasteiger partial charge in [-0.1, -0.05) is 11.6 Å². The lowest BCUT2D eigenvalue weighted by Gasteiger charge is -2.10. The van der Waals surface area contributed by atoms with E-state index in [-0.39, 0.29) is 5.69 Å². The molecule has 0 aliphatic carbocycles. The molecule has 0 heterocycles. The van der Waals surface area contributed by atoms with Crippen LogP contribution in [0.25, 0.3) is 0 Å². The highest BCUT2D eigenvalue weighted by Gasteiger charge is 2.29. The predicted octanol–water partition coefficient (Wildman–Crippen LogP) is 5.01. The van der Waals surface area contributed by atoms with E-state index in [0.29, 0.717) is 16.5 Å². The topological polar surface area (TPSA) is 50.4 Å². The van der Waals surface area contributed by atoms with Gasteiger partial charge in [0.15, 0.2) is 0 Å². The van der Waals surface area contributed by atoms with E-state index in [4.69, 9.17) is 16.3 Å². The highest BCUT2D eigenvalue weighted by molar-refractivity contribution is 6.32. The Kier molecular flexibility index (Phi) is 5.00. The van der Waals surface area contributed by atoms with E-state index in [1.807, 2.05) is 0 Å². The van der Waals surface area contributed by atoms with Gasteiger partial charge in [0, 0.05) is 11.4 Å². The molecular formula is C15H12ClF3N2O2. The lowest BCUT2D eigenvalue weighted by Crippen LogP contribution is -2.19. The molecule has 0 spiro atoms. The number of rotatable bonds is 3. The third-order valence-corrected chi connectivity index (χ3v) is 3.18. The van der Waals surface area contributed by atoms with Crippen molar-refractivity contribution in [2.24, 2.45) is 0 Å². The van der Waals surface area contributed by atoms with E-state index < -0.39 is 17.8 Å². The standard InChI is InChI=1S/C15H12ClF3N2O2/c1-23-13-7-6-11(8-12(13)16)21-14(22)20-10-4-2-9(3-5-10)15(17,18)19/h2-8H,1H3,(H2,20,21,22). The molecule has 2 N–H and O–H groups in total. The van der Waals surface area contributed by atoms with E-state index in [1.165, 1.54) is 25.3 Å². The quantitative estimate of drug-likeness (QED) is 0.822. The first kappa shape index (κ1) is 17.0. The van der Waals surface area contributed by atoms with Gasteiger partial charge in [-0.25, -0.2) is 4.79 Å². The third-order valence-electron chi connectivity index (χ3n) is 2.88. The first-order valence-corrected chi connectivity index (χ1v) is 6.76. The SMILES string of the molecule is COc1ccc(NC(=O)Nc2ccc(C(F)(F)F)cc2)cc1Cl. The van der Waals surface area contributed by atoms with Gasteiger partial charge in [-0.3, -0.25) is 0 Å². The predicted molar refractivity (Wildman–Crippen MR) is 82.1 cm³/mol. The van der Waals surface area contributed by atoms with Crippen LogP contribution in [0.4, 0.5) is 29.3 Å². The molecule has 122 valence electrons. The first-order chi connectivity index (χ1) is 10.8. The van der Waals surface area contributed by atoms with Crippen molar-refractivity contribution in [2.75, 3.05) is 17.7 Å². The minimum atomic E-state index is -4.42. The molecule has 0 fully saturated rings. The van der Waals surface area contributed by atoms with Crippen molar-refractivity contribution in [3.8, 4) is 5.75 Å². The Bertz CT molecular complexity index is 703. The highest BCUT2D eigenvalue weighted by Crippen LogP contribution is 2.30. The van der Waals surface area contributed by atoms with Gasteiger partial charge in [0.1, 0.15) is 5.75 Å². The van der Waals surface area contributed by atoms with Crippen LogP contribution in [0.3, 0.4) is 0 Å². The second-order valence-electron chi connectivity index (χ2n) is 4.50. The zero-order valence-corrected chi connectivity index (χ0v) is 12.6. The summed E-state index contributed by atoms with van der Waals surface area (Å²) < 4.78 is 42.3. The molecule has 0 atom stereocenters. The van der Waals surface area contributed by atoms with Gasteiger partial charge in [0.05, 0.1) is 17.7 Å². The number of halogens is 4. The lowest BCUT2D eigenvalue weighted by atomic mass is 10.2. The Morgan fingerprint density at radius 2 is 1.61 bits per heavy atom. The van der Waals surface area contributed by atoms with Crippen LogP contribution >= 0.6 is 11.6 Å².